The molecule has 0 spiro atoms. The maximum atomic E-state index is 14.1. The molecule has 4 unspecified atom stereocenters. The van der Waals surface area contributed by atoms with E-state index < -0.39 is 41.2 Å². The van der Waals surface area contributed by atoms with Gasteiger partial charge in [0.1, 0.15) is 28.7 Å². The Morgan fingerprint density at radius 3 is 2.52 bits per heavy atom. The zero-order chi connectivity index (χ0) is 28.2. The lowest BCUT2D eigenvalue weighted by Crippen LogP contribution is -2.34. The van der Waals surface area contributed by atoms with Crippen molar-refractivity contribution in [2.45, 2.75) is 44.2 Å². The van der Waals surface area contributed by atoms with Crippen molar-refractivity contribution in [1.82, 2.24) is 4.68 Å². The van der Waals surface area contributed by atoms with Crippen LogP contribution in [0.2, 0.25) is 0 Å². The Morgan fingerprint density at radius 1 is 1.05 bits per heavy atom. The number of methoxy groups -OCH3 is 2. The molecular weight excluding hydrogens is 524 g/mol. The molecule has 3 aliphatic rings. The first kappa shape index (κ1) is 24.9. The van der Waals surface area contributed by atoms with Gasteiger partial charge in [0.05, 0.1) is 29.3 Å². The second-order valence-corrected chi connectivity index (χ2v) is 10.4. The minimum Gasteiger partial charge on any atom is -0.506 e. The van der Waals surface area contributed by atoms with Gasteiger partial charge in [-0.15, -0.1) is 0 Å². The molecule has 208 valence electrons. The maximum absolute atomic E-state index is 14.1. The molecule has 0 bridgehead atoms. The maximum Gasteiger partial charge on any atom is 0.280 e. The van der Waals surface area contributed by atoms with Crippen LogP contribution in [0.15, 0.2) is 26.1 Å². The predicted octanol–water partition coefficient (Wildman–Crippen LogP) is 2.31. The summed E-state index contributed by atoms with van der Waals surface area (Å²) in [5.74, 6) is 5.32. The van der Waals surface area contributed by atoms with E-state index in [9.17, 15) is 24.9 Å². The van der Waals surface area contributed by atoms with Crippen LogP contribution >= 0.6 is 0 Å². The lowest BCUT2D eigenvalue weighted by atomic mass is 9.79. The number of phenolic OH excluding ortho intramolecular Hbond substituents is 2. The molecule has 0 saturated heterocycles. The largest absolute Gasteiger partial charge is 0.506 e. The third-order valence-electron chi connectivity index (χ3n) is 8.33. The van der Waals surface area contributed by atoms with Crippen molar-refractivity contribution in [3.05, 3.63) is 60.9 Å². The molecule has 4 aromatic rings. The lowest BCUT2D eigenvalue weighted by molar-refractivity contribution is -0.0709. The first-order valence-corrected chi connectivity index (χ1v) is 12.7. The molecule has 0 saturated carbocycles. The highest BCUT2D eigenvalue weighted by atomic mass is 16.7. The summed E-state index contributed by atoms with van der Waals surface area (Å²) in [4.78, 5) is 27.2. The number of nitrogen functional groups attached to an aromatic ring is 1. The molecule has 3 heterocycles. The van der Waals surface area contributed by atoms with Gasteiger partial charge in [-0.3, -0.25) is 9.59 Å². The van der Waals surface area contributed by atoms with E-state index in [0.717, 1.165) is 4.68 Å². The number of rotatable bonds is 2. The van der Waals surface area contributed by atoms with E-state index in [1.54, 1.807) is 19.1 Å². The van der Waals surface area contributed by atoms with Crippen LogP contribution in [0.3, 0.4) is 0 Å². The monoisotopic (exact) mass is 550 g/mol. The number of aryl methyl sites for hydroxylation is 1. The summed E-state index contributed by atoms with van der Waals surface area (Å²) in [6, 6.07) is 3.44. The predicted molar refractivity (Wildman–Crippen MR) is 141 cm³/mol. The number of ether oxygens (including phenoxy) is 4. The average Bonchev–Trinajstić information content (AvgIpc) is 2.93. The smallest absolute Gasteiger partial charge is 0.280 e. The van der Waals surface area contributed by atoms with E-state index in [0.29, 0.717) is 22.2 Å². The van der Waals surface area contributed by atoms with Crippen molar-refractivity contribution in [1.29, 1.82) is 0 Å². The van der Waals surface area contributed by atoms with Crippen LogP contribution in [0.25, 0.3) is 32.9 Å². The zero-order valence-corrected chi connectivity index (χ0v) is 21.8. The van der Waals surface area contributed by atoms with Crippen LogP contribution in [-0.4, -0.2) is 47.1 Å². The molecule has 0 radical (unpaired) electrons. The van der Waals surface area contributed by atoms with E-state index in [2.05, 4.69) is 0 Å². The van der Waals surface area contributed by atoms with Crippen molar-refractivity contribution in [3.63, 3.8) is 0 Å². The first-order valence-electron chi connectivity index (χ1n) is 12.7. The number of nitrogens with two attached hydrogens (primary N) is 1. The van der Waals surface area contributed by atoms with Crippen molar-refractivity contribution in [3.8, 4) is 28.4 Å². The summed E-state index contributed by atoms with van der Waals surface area (Å²) in [6.07, 6.45) is -3.02. The molecule has 5 N–H and O–H groups in total. The van der Waals surface area contributed by atoms with Gasteiger partial charge < -0.3 is 44.5 Å². The van der Waals surface area contributed by atoms with Gasteiger partial charge in [0.25, 0.3) is 5.56 Å². The van der Waals surface area contributed by atoms with Crippen LogP contribution in [-0.2, 0) is 20.6 Å². The normalized spacial score (nSPS) is 23.0. The van der Waals surface area contributed by atoms with Gasteiger partial charge in [0.15, 0.2) is 18.1 Å². The third kappa shape index (κ3) is 3.04. The van der Waals surface area contributed by atoms with E-state index in [-0.39, 0.29) is 69.9 Å². The Balaban J connectivity index is 1.64. The van der Waals surface area contributed by atoms with Crippen LogP contribution in [0.4, 0.5) is 0 Å². The number of benzene rings is 2. The minimum absolute atomic E-state index is 0.0231. The molecule has 12 nitrogen and oxygen atoms in total. The van der Waals surface area contributed by atoms with Gasteiger partial charge in [0, 0.05) is 49.4 Å². The summed E-state index contributed by atoms with van der Waals surface area (Å²) < 4.78 is 29.9. The molecule has 40 heavy (non-hydrogen) atoms. The van der Waals surface area contributed by atoms with Crippen LogP contribution in [0.5, 0.6) is 17.2 Å². The number of nitrogens with zero attached hydrogens (tertiary/aromatic N) is 1. The van der Waals surface area contributed by atoms with E-state index in [4.69, 9.17) is 29.2 Å². The van der Waals surface area contributed by atoms with Gasteiger partial charge in [0.2, 0.25) is 5.43 Å². The molecule has 12 heteroatoms. The number of pyridine rings is 1. The highest BCUT2D eigenvalue weighted by Gasteiger charge is 2.43. The van der Waals surface area contributed by atoms with Crippen molar-refractivity contribution in [2.75, 3.05) is 26.9 Å². The second kappa shape index (κ2) is 8.45. The molecule has 1 aliphatic heterocycles. The van der Waals surface area contributed by atoms with Crippen LogP contribution in [0, 0.1) is 6.92 Å². The van der Waals surface area contributed by atoms with Crippen LogP contribution < -0.4 is 21.6 Å². The molecule has 0 fully saturated rings. The highest BCUT2D eigenvalue weighted by Crippen LogP contribution is 2.57. The first-order chi connectivity index (χ1) is 19.2. The molecular formula is C28H26N2O10. The average molecular weight is 551 g/mol. The number of aliphatic hydroxyl groups excluding tert-OH is 1. The van der Waals surface area contributed by atoms with Gasteiger partial charge in [-0.05, 0) is 30.0 Å². The summed E-state index contributed by atoms with van der Waals surface area (Å²) in [5.41, 5.74) is 0.639. The SMILES string of the molecule is COC1CC(O)C(OC)c2oc3c4c5c(c(O)c3c(=O)c21)-c1c(cc2cc(C)n(N)c(=O)c2c1O)CC5OCO4. The number of aromatic nitrogens is 1. The lowest BCUT2D eigenvalue weighted by Gasteiger charge is -2.36. The Kier molecular flexibility index (Phi) is 5.26. The second-order valence-electron chi connectivity index (χ2n) is 10.4. The molecule has 7 rings (SSSR count). The number of fused-ring (bicyclic) bond motifs is 6. The minimum atomic E-state index is -1.00. The standard InChI is InChI=1S/C28H26N2O10/c1-9-4-10-5-11-6-14-17-19(15(11)21(32)16(10)28(35)30(9)29)23(34)20-22(33)18-13(36-2)7-12(31)24(37-3)26(18)40-27(20)25(17)39-8-38-14/h4-5,12-14,24,31-32,34H,6-8,29H2,1-3H3. The molecule has 2 aliphatic carbocycles. The van der Waals surface area contributed by atoms with Crippen LogP contribution in [0.1, 0.15) is 52.9 Å². The third-order valence-corrected chi connectivity index (χ3v) is 8.33. The van der Waals surface area contributed by atoms with Gasteiger partial charge in [-0.25, -0.2) is 4.68 Å². The number of hydrogen-bond donors (Lipinski definition) is 4. The fourth-order valence-corrected chi connectivity index (χ4v) is 6.48. The summed E-state index contributed by atoms with van der Waals surface area (Å²) >= 11 is 0. The Hall–Kier alpha value is -4.10. The quantitative estimate of drug-likeness (QED) is 0.269. The molecule has 2 aromatic carbocycles. The van der Waals surface area contributed by atoms with Crippen molar-refractivity contribution in [2.24, 2.45) is 0 Å². The van der Waals surface area contributed by atoms with Crippen molar-refractivity contribution < 1.29 is 38.7 Å². The van der Waals surface area contributed by atoms with Gasteiger partial charge >= 0.3 is 0 Å². The molecule has 0 amide bonds. The van der Waals surface area contributed by atoms with E-state index in [1.165, 1.54) is 14.2 Å². The number of aliphatic hydroxyl groups is 1. The molecule has 2 aromatic heterocycles. The van der Waals surface area contributed by atoms with E-state index in [1.807, 2.05) is 0 Å². The highest BCUT2D eigenvalue weighted by molar-refractivity contribution is 6.05. The fourth-order valence-electron chi connectivity index (χ4n) is 6.48. The Labute approximate surface area is 225 Å². The number of aromatic hydroxyl groups is 2. The Morgan fingerprint density at radius 2 is 1.80 bits per heavy atom. The molecule has 4 atom stereocenters. The summed E-state index contributed by atoms with van der Waals surface area (Å²) in [6.45, 7) is 1.53. The zero-order valence-electron chi connectivity index (χ0n) is 21.8. The Bertz CT molecular complexity index is 1890. The summed E-state index contributed by atoms with van der Waals surface area (Å²) in [7, 11) is 2.80. The number of hydrogen-bond acceptors (Lipinski definition) is 11. The number of phenols is 2. The topological polar surface area (TPSA) is 176 Å². The van der Waals surface area contributed by atoms with Gasteiger partial charge in [-0.1, -0.05) is 0 Å². The van der Waals surface area contributed by atoms with E-state index >= 15 is 0 Å². The fraction of sp³-hybridized carbons (Fsp3) is 0.357. The van der Waals surface area contributed by atoms with Gasteiger partial charge in [-0.2, -0.15) is 0 Å². The van der Waals surface area contributed by atoms with Crippen molar-refractivity contribution >= 4 is 21.7 Å². The summed E-state index contributed by atoms with van der Waals surface area (Å²) in [5, 5.41) is 34.2.